The summed E-state index contributed by atoms with van der Waals surface area (Å²) in [6, 6.07) is 20.9. The van der Waals surface area contributed by atoms with Crippen LogP contribution in [0.3, 0.4) is 0 Å². The van der Waals surface area contributed by atoms with Crippen molar-refractivity contribution in [3.8, 4) is 11.5 Å². The molecule has 4 aromatic carbocycles. The van der Waals surface area contributed by atoms with Crippen molar-refractivity contribution in [1.29, 1.82) is 0 Å². The molecule has 0 amide bonds. The number of carbonyl (C=O) groups is 4. The fourth-order valence-electron chi connectivity index (χ4n) is 15.0. The Bertz CT molecular complexity index is 3680. The van der Waals surface area contributed by atoms with Crippen molar-refractivity contribution in [3.05, 3.63) is 118 Å². The van der Waals surface area contributed by atoms with Crippen molar-refractivity contribution >= 4 is 57.3 Å². The van der Waals surface area contributed by atoms with Gasteiger partial charge in [0.25, 0.3) is 0 Å². The molecule has 6 aromatic rings. The number of carbonyl (C=O) groups excluding carboxylic acids is 4. The van der Waals surface area contributed by atoms with Crippen LogP contribution < -0.4 is 19.3 Å². The van der Waals surface area contributed by atoms with E-state index in [0.717, 1.165) is 132 Å². The van der Waals surface area contributed by atoms with E-state index >= 15 is 0 Å². The number of likely N-dealkylation sites (tertiary alicyclic amines) is 2. The lowest BCUT2D eigenvalue weighted by Crippen LogP contribution is -2.53. The Balaban J connectivity index is 0.000000172. The number of ether oxygens (including phenoxy) is 6. The second-order valence-corrected chi connectivity index (χ2v) is 28.4. The standard InChI is InChI=1S/C36H45F2N3O5.C24H32F2N2O3.C12H15NO2/c1-23-17-30(44-5)27(25-11-15-41(31(23)25)33(43)46-34(2,3)4)20-40-16-12-35(21-36(37,38)22-35)19-29(40)26-10-9-24(32(42)45-6)18-28(26)39-13-7-8-14-39;1-16-12-19(30-5)18(13-27-10-7-23(8-11-27)14-24(25,26)15-23)17-6-9-28(20(16)17)21(29)31-22(2,3)4;1-15-12(14)10-5-4-6-11(9-10)13-7-2-3-8-13/h9-11,15,17-18,29H,7-8,12-14,16,19-22H2,1-6H3;6,9,12H,7-8,10-11,13-15H2,1-5H3;4-6,9H,2-3,7-8H2,1H3. The van der Waals surface area contributed by atoms with E-state index in [0.29, 0.717) is 49.4 Å². The average molecular weight is 1280 g/mol. The Kier molecular flexibility index (Phi) is 19.5. The van der Waals surface area contributed by atoms with E-state index in [1.54, 1.807) is 47.9 Å². The minimum absolute atomic E-state index is 0.0324. The molecule has 6 fully saturated rings. The lowest BCUT2D eigenvalue weighted by atomic mass is 9.58. The first kappa shape index (κ1) is 67.6. The molecule has 92 heavy (non-hydrogen) atoms. The number of anilines is 2. The van der Waals surface area contributed by atoms with Crippen LogP contribution in [0.1, 0.15) is 173 Å². The highest BCUT2D eigenvalue weighted by molar-refractivity contribution is 5.96. The number of hydrogen-bond acceptors (Lipinski definition) is 14. The zero-order valence-corrected chi connectivity index (χ0v) is 55.7. The van der Waals surface area contributed by atoms with Crippen molar-refractivity contribution in [1.82, 2.24) is 18.9 Å². The molecule has 2 saturated carbocycles. The lowest BCUT2D eigenvalue weighted by Gasteiger charge is -2.55. The third kappa shape index (κ3) is 14.9. The van der Waals surface area contributed by atoms with Crippen LogP contribution in [-0.2, 0) is 32.0 Å². The van der Waals surface area contributed by atoms with E-state index in [-0.39, 0.29) is 43.1 Å². The molecule has 498 valence electrons. The molecule has 12 rings (SSSR count). The van der Waals surface area contributed by atoms with Gasteiger partial charge in [-0.2, -0.15) is 0 Å². The summed E-state index contributed by atoms with van der Waals surface area (Å²) in [5, 5.41) is 1.84. The summed E-state index contributed by atoms with van der Waals surface area (Å²) in [6.45, 7) is 22.3. The molecule has 1 atom stereocenters. The summed E-state index contributed by atoms with van der Waals surface area (Å²) >= 11 is 0. The summed E-state index contributed by atoms with van der Waals surface area (Å²) in [6.07, 6.45) is 9.96. The summed E-state index contributed by atoms with van der Waals surface area (Å²) in [7, 11) is 6.08. The van der Waals surface area contributed by atoms with Gasteiger partial charge in [-0.15, -0.1) is 0 Å². The number of aromatic nitrogens is 2. The number of methoxy groups -OCH3 is 4. The molecular formula is C72H92F4N6O10. The highest BCUT2D eigenvalue weighted by atomic mass is 19.3. The first-order chi connectivity index (χ1) is 43.5. The quantitative estimate of drug-likeness (QED) is 0.0688. The van der Waals surface area contributed by atoms with Gasteiger partial charge in [0.05, 0.1) is 50.6 Å². The van der Waals surface area contributed by atoms with Gasteiger partial charge < -0.3 is 38.2 Å². The van der Waals surface area contributed by atoms with Gasteiger partial charge in [-0.1, -0.05) is 12.1 Å². The van der Waals surface area contributed by atoms with Gasteiger partial charge in [0.2, 0.25) is 11.8 Å². The van der Waals surface area contributed by atoms with E-state index in [4.69, 9.17) is 28.4 Å². The molecule has 0 N–H and O–H groups in total. The van der Waals surface area contributed by atoms with Gasteiger partial charge in [-0.25, -0.2) is 36.7 Å². The van der Waals surface area contributed by atoms with Gasteiger partial charge in [0, 0.05) is 117 Å². The molecule has 0 bridgehead atoms. The van der Waals surface area contributed by atoms with E-state index in [1.165, 1.54) is 27.1 Å². The Hall–Kier alpha value is -7.32. The van der Waals surface area contributed by atoms with Crippen molar-refractivity contribution in [2.45, 2.75) is 175 Å². The lowest BCUT2D eigenvalue weighted by molar-refractivity contribution is -0.186. The number of esters is 2. The maximum atomic E-state index is 14.4. The molecule has 4 aliphatic heterocycles. The van der Waals surface area contributed by atoms with Gasteiger partial charge >= 0.3 is 24.1 Å². The number of piperidine rings is 2. The monoisotopic (exact) mass is 1280 g/mol. The fraction of sp³-hybridized carbons (Fsp3) is 0.556. The van der Waals surface area contributed by atoms with Crippen LogP contribution in [0, 0.1) is 24.7 Å². The predicted octanol–water partition coefficient (Wildman–Crippen LogP) is 15.7. The number of alkyl halides is 4. The van der Waals surface area contributed by atoms with Crippen molar-refractivity contribution in [2.24, 2.45) is 10.8 Å². The van der Waals surface area contributed by atoms with Crippen LogP contribution in [0.5, 0.6) is 11.5 Å². The van der Waals surface area contributed by atoms with Crippen LogP contribution in [0.4, 0.5) is 38.5 Å². The van der Waals surface area contributed by atoms with Crippen LogP contribution in [0.15, 0.2) is 79.1 Å². The SMILES string of the molecule is COC(=O)c1ccc(C2CC3(CCN2Cc2c(OC)cc(C)c4c2ccn4C(=O)OC(C)(C)C)CC(F)(F)C3)c(N2CCCC2)c1.COC(=O)c1cccc(N2CCCC2)c1.COc1cc(C)c2c(ccn2C(=O)OC(C)(C)C)c1CN1CCC2(CC1)CC(F)(F)C2. The minimum atomic E-state index is -2.63. The van der Waals surface area contributed by atoms with Crippen LogP contribution in [0.2, 0.25) is 0 Å². The first-order valence-electron chi connectivity index (χ1n) is 32.4. The third-order valence-corrected chi connectivity index (χ3v) is 19.3. The normalized spacial score (nSPS) is 19.9. The molecule has 2 aromatic heterocycles. The number of nitrogens with zero attached hydrogens (tertiary/aromatic N) is 6. The third-order valence-electron chi connectivity index (χ3n) is 19.3. The molecule has 2 spiro atoms. The van der Waals surface area contributed by atoms with Crippen molar-refractivity contribution in [2.75, 3.05) is 84.1 Å². The highest BCUT2D eigenvalue weighted by Gasteiger charge is 2.59. The predicted molar refractivity (Wildman–Crippen MR) is 348 cm³/mol. The molecular weight excluding hydrogens is 1180 g/mol. The maximum absolute atomic E-state index is 14.4. The van der Waals surface area contributed by atoms with Crippen LogP contribution >= 0.6 is 0 Å². The molecule has 0 radical (unpaired) electrons. The molecule has 16 nitrogen and oxygen atoms in total. The molecule has 6 heterocycles. The fourth-order valence-corrected chi connectivity index (χ4v) is 15.0. The molecule has 2 aliphatic carbocycles. The number of rotatable bonds is 11. The van der Waals surface area contributed by atoms with Crippen LogP contribution in [0.25, 0.3) is 21.8 Å². The van der Waals surface area contributed by atoms with Crippen molar-refractivity contribution < 1.29 is 65.2 Å². The van der Waals surface area contributed by atoms with Gasteiger partial charge in [0.1, 0.15) is 22.7 Å². The Morgan fingerprint density at radius 1 is 0.543 bits per heavy atom. The Morgan fingerprint density at radius 2 is 1.01 bits per heavy atom. The van der Waals surface area contributed by atoms with E-state index in [9.17, 15) is 36.7 Å². The van der Waals surface area contributed by atoms with E-state index < -0.39 is 46.6 Å². The highest BCUT2D eigenvalue weighted by Crippen LogP contribution is 2.62. The zero-order valence-electron chi connectivity index (χ0n) is 55.7. The largest absolute Gasteiger partial charge is 0.496 e. The zero-order chi connectivity index (χ0) is 66.3. The maximum Gasteiger partial charge on any atom is 0.419 e. The Morgan fingerprint density at radius 3 is 1.49 bits per heavy atom. The average Bonchev–Trinajstić information content (AvgIpc) is 0.846. The Labute approximate surface area is 538 Å². The van der Waals surface area contributed by atoms with Gasteiger partial charge in [-0.05, 0) is 209 Å². The van der Waals surface area contributed by atoms with Crippen LogP contribution in [-0.4, -0.2) is 140 Å². The minimum Gasteiger partial charge on any atom is -0.496 e. The topological polar surface area (TPSA) is 146 Å². The summed E-state index contributed by atoms with van der Waals surface area (Å²) < 4.78 is 91.4. The number of hydrogen-bond donors (Lipinski definition) is 0. The molecule has 1 unspecified atom stereocenters. The van der Waals surface area contributed by atoms with E-state index in [1.807, 2.05) is 110 Å². The smallest absolute Gasteiger partial charge is 0.419 e. The van der Waals surface area contributed by atoms with Gasteiger partial charge in [-0.3, -0.25) is 18.9 Å². The summed E-state index contributed by atoms with van der Waals surface area (Å²) in [5.74, 6) is -4.28. The number of fused-ring (bicyclic) bond motifs is 2. The number of benzene rings is 4. The van der Waals surface area contributed by atoms with E-state index in [2.05, 4.69) is 19.6 Å². The number of aryl methyl sites for hydroxylation is 2. The molecule has 20 heteroatoms. The number of halogens is 4. The second kappa shape index (κ2) is 26.6. The summed E-state index contributed by atoms with van der Waals surface area (Å²) in [5.41, 5.74) is 7.73. The van der Waals surface area contributed by atoms with Crippen molar-refractivity contribution in [3.63, 3.8) is 0 Å². The molecule has 4 saturated heterocycles. The first-order valence-corrected chi connectivity index (χ1v) is 32.4. The molecule has 6 aliphatic rings. The second-order valence-electron chi connectivity index (χ2n) is 28.4. The summed E-state index contributed by atoms with van der Waals surface area (Å²) in [4.78, 5) is 59.1. The van der Waals surface area contributed by atoms with Gasteiger partial charge in [0.15, 0.2) is 0 Å².